The van der Waals surface area contributed by atoms with Gasteiger partial charge in [-0.2, -0.15) is 0 Å². The summed E-state index contributed by atoms with van der Waals surface area (Å²) in [4.78, 5) is 0. The fourth-order valence-corrected chi connectivity index (χ4v) is 5.57. The van der Waals surface area contributed by atoms with E-state index in [2.05, 4.69) is 26.5 Å². The first-order valence-electron chi connectivity index (χ1n) is 6.90. The average Bonchev–Trinajstić information content (AvgIpc) is 2.24. The van der Waals surface area contributed by atoms with Gasteiger partial charge in [0.15, 0.2) is 8.32 Å². The third-order valence-corrected chi connectivity index (χ3v) is 7.24. The molecular formula is C14H28OSi. The minimum absolute atomic E-state index is 1.04. The van der Waals surface area contributed by atoms with Gasteiger partial charge in [0, 0.05) is 6.61 Å². The van der Waals surface area contributed by atoms with E-state index in [1.54, 1.807) is 0 Å². The lowest BCUT2D eigenvalue weighted by atomic mass is 10.1. The van der Waals surface area contributed by atoms with Crippen molar-refractivity contribution in [1.82, 2.24) is 0 Å². The number of rotatable bonds is 6. The molecule has 1 rings (SSSR count). The van der Waals surface area contributed by atoms with Crippen LogP contribution >= 0.6 is 0 Å². The Labute approximate surface area is 102 Å². The Morgan fingerprint density at radius 1 is 1.19 bits per heavy atom. The van der Waals surface area contributed by atoms with Crippen LogP contribution in [0.25, 0.3) is 0 Å². The quantitative estimate of drug-likeness (QED) is 0.364. The van der Waals surface area contributed by atoms with Crippen LogP contribution in [0.3, 0.4) is 0 Å². The summed E-state index contributed by atoms with van der Waals surface area (Å²) in [6.07, 6.45) is 10.5. The van der Waals surface area contributed by atoms with Crippen LogP contribution < -0.4 is 0 Å². The van der Waals surface area contributed by atoms with Crippen LogP contribution in [0.2, 0.25) is 18.6 Å². The van der Waals surface area contributed by atoms with Gasteiger partial charge >= 0.3 is 0 Å². The van der Waals surface area contributed by atoms with E-state index in [0.717, 1.165) is 6.61 Å². The zero-order valence-corrected chi connectivity index (χ0v) is 12.3. The number of unbranched alkanes of at least 4 members (excludes halogenated alkanes) is 3. The maximum atomic E-state index is 6.04. The molecular weight excluding hydrogens is 212 g/mol. The van der Waals surface area contributed by atoms with Crippen molar-refractivity contribution >= 4 is 8.32 Å². The molecule has 1 unspecified atom stereocenters. The van der Waals surface area contributed by atoms with E-state index in [9.17, 15) is 0 Å². The van der Waals surface area contributed by atoms with Crippen LogP contribution in [-0.2, 0) is 4.43 Å². The van der Waals surface area contributed by atoms with Crippen molar-refractivity contribution in [3.8, 4) is 0 Å². The molecule has 94 valence electrons. The molecule has 1 fully saturated rings. The molecule has 16 heavy (non-hydrogen) atoms. The molecule has 1 heterocycles. The number of hydrogen-bond acceptors (Lipinski definition) is 1. The Morgan fingerprint density at radius 2 is 2.00 bits per heavy atom. The third kappa shape index (κ3) is 5.85. The van der Waals surface area contributed by atoms with Gasteiger partial charge in [-0.1, -0.05) is 30.9 Å². The first-order chi connectivity index (χ1) is 7.62. The summed E-state index contributed by atoms with van der Waals surface area (Å²) < 4.78 is 6.04. The summed E-state index contributed by atoms with van der Waals surface area (Å²) in [7, 11) is -1.23. The Morgan fingerprint density at radius 3 is 2.62 bits per heavy atom. The van der Waals surface area contributed by atoms with Crippen LogP contribution in [-0.4, -0.2) is 14.9 Å². The lowest BCUT2D eigenvalue weighted by Crippen LogP contribution is -2.37. The van der Waals surface area contributed by atoms with Gasteiger partial charge in [-0.3, -0.25) is 0 Å². The highest BCUT2D eigenvalue weighted by Gasteiger charge is 2.30. The third-order valence-electron chi connectivity index (χ3n) is 3.51. The van der Waals surface area contributed by atoms with Crippen LogP contribution in [0.15, 0.2) is 11.6 Å². The summed E-state index contributed by atoms with van der Waals surface area (Å²) in [5.74, 6) is 0. The molecule has 1 aliphatic heterocycles. The number of allylic oxidation sites excluding steroid dienone is 2. The summed E-state index contributed by atoms with van der Waals surface area (Å²) >= 11 is 0. The second kappa shape index (κ2) is 7.28. The van der Waals surface area contributed by atoms with E-state index in [0.29, 0.717) is 0 Å². The molecule has 0 aliphatic carbocycles. The van der Waals surface area contributed by atoms with Gasteiger partial charge in [-0.25, -0.2) is 0 Å². The van der Waals surface area contributed by atoms with Crippen LogP contribution in [0.4, 0.5) is 0 Å². The zero-order chi connectivity index (χ0) is 11.9. The smallest absolute Gasteiger partial charge is 0.189 e. The van der Waals surface area contributed by atoms with Crippen molar-refractivity contribution in [3.63, 3.8) is 0 Å². The Balaban J connectivity index is 2.03. The van der Waals surface area contributed by atoms with Crippen LogP contribution in [0.1, 0.15) is 52.4 Å². The normalized spacial score (nSPS) is 25.4. The monoisotopic (exact) mass is 240 g/mol. The molecule has 0 spiro atoms. The molecule has 0 amide bonds. The van der Waals surface area contributed by atoms with Gasteiger partial charge in [0.25, 0.3) is 0 Å². The second-order valence-corrected chi connectivity index (χ2v) is 9.82. The Hall–Kier alpha value is -0.0831. The summed E-state index contributed by atoms with van der Waals surface area (Å²) in [5.41, 5.74) is 1.46. The van der Waals surface area contributed by atoms with Gasteiger partial charge in [0.2, 0.25) is 0 Å². The Kier molecular flexibility index (Phi) is 6.36. The molecule has 1 saturated heterocycles. The average molecular weight is 240 g/mol. The minimum Gasteiger partial charge on any atom is -0.417 e. The molecule has 0 saturated carbocycles. The lowest BCUT2D eigenvalue weighted by molar-refractivity contribution is 0.269. The molecule has 1 nitrogen and oxygen atoms in total. The van der Waals surface area contributed by atoms with E-state index >= 15 is 0 Å². The van der Waals surface area contributed by atoms with Crippen molar-refractivity contribution < 1.29 is 4.43 Å². The molecule has 1 aliphatic rings. The van der Waals surface area contributed by atoms with Crippen molar-refractivity contribution in [3.05, 3.63) is 11.6 Å². The molecule has 2 heteroatoms. The predicted octanol–water partition coefficient (Wildman–Crippen LogP) is 4.90. The van der Waals surface area contributed by atoms with Crippen LogP contribution in [0.5, 0.6) is 0 Å². The second-order valence-electron chi connectivity index (χ2n) is 5.64. The topological polar surface area (TPSA) is 9.23 Å². The molecule has 0 aromatic carbocycles. The van der Waals surface area contributed by atoms with Gasteiger partial charge in [-0.05, 0) is 51.7 Å². The first-order valence-corrected chi connectivity index (χ1v) is 9.72. The molecule has 0 bridgehead atoms. The van der Waals surface area contributed by atoms with E-state index in [-0.39, 0.29) is 0 Å². The van der Waals surface area contributed by atoms with E-state index in [1.807, 2.05) is 0 Å². The maximum absolute atomic E-state index is 6.04. The van der Waals surface area contributed by atoms with Gasteiger partial charge < -0.3 is 4.43 Å². The molecule has 1 atom stereocenters. The van der Waals surface area contributed by atoms with Gasteiger partial charge in [0.1, 0.15) is 0 Å². The van der Waals surface area contributed by atoms with Gasteiger partial charge in [-0.15, -0.1) is 0 Å². The maximum Gasteiger partial charge on any atom is 0.189 e. The fourth-order valence-electron chi connectivity index (χ4n) is 2.40. The van der Waals surface area contributed by atoms with Crippen molar-refractivity contribution in [2.75, 3.05) is 6.61 Å². The zero-order valence-electron chi connectivity index (χ0n) is 11.3. The highest BCUT2D eigenvalue weighted by atomic mass is 28.4. The highest BCUT2D eigenvalue weighted by Crippen LogP contribution is 2.27. The standard InChI is InChI=1S/C14H28OSi/c1-14(2)10-6-4-5-8-12-16(3)13-9-7-11-15-16/h10H,4-9,11-13H2,1-3H3. The van der Waals surface area contributed by atoms with E-state index < -0.39 is 8.32 Å². The minimum atomic E-state index is -1.23. The number of hydrogen-bond donors (Lipinski definition) is 0. The fraction of sp³-hybridized carbons (Fsp3) is 0.857. The van der Waals surface area contributed by atoms with E-state index in [1.165, 1.54) is 56.2 Å². The van der Waals surface area contributed by atoms with Gasteiger partial charge in [0.05, 0.1) is 0 Å². The van der Waals surface area contributed by atoms with Crippen molar-refractivity contribution in [1.29, 1.82) is 0 Å². The predicted molar refractivity (Wildman–Crippen MR) is 74.3 cm³/mol. The lowest BCUT2D eigenvalue weighted by Gasteiger charge is -2.31. The van der Waals surface area contributed by atoms with Crippen molar-refractivity contribution in [2.45, 2.75) is 71.0 Å². The summed E-state index contributed by atoms with van der Waals surface area (Å²) in [6, 6.07) is 2.79. The SMILES string of the molecule is CC(C)=CCCCCC[Si]1(C)CCCCO1. The molecule has 0 aromatic heterocycles. The highest BCUT2D eigenvalue weighted by molar-refractivity contribution is 6.72. The first kappa shape index (κ1) is 14.0. The summed E-state index contributed by atoms with van der Waals surface area (Å²) in [5, 5.41) is 0. The Bertz CT molecular complexity index is 213. The largest absolute Gasteiger partial charge is 0.417 e. The summed E-state index contributed by atoms with van der Waals surface area (Å²) in [6.45, 7) is 7.84. The van der Waals surface area contributed by atoms with E-state index in [4.69, 9.17) is 4.43 Å². The molecule has 0 radical (unpaired) electrons. The molecule has 0 N–H and O–H groups in total. The van der Waals surface area contributed by atoms with Crippen molar-refractivity contribution in [2.24, 2.45) is 0 Å². The molecule has 0 aromatic rings. The van der Waals surface area contributed by atoms with Crippen LogP contribution in [0, 0.1) is 0 Å².